The lowest BCUT2D eigenvalue weighted by molar-refractivity contribution is -0.137. The van der Waals surface area contributed by atoms with Gasteiger partial charge in [0.15, 0.2) is 11.5 Å². The number of hydrogen-bond donors (Lipinski definition) is 2. The third-order valence-electron chi connectivity index (χ3n) is 2.43. The molecule has 0 fully saturated rings. The van der Waals surface area contributed by atoms with Crippen LogP contribution in [0.3, 0.4) is 0 Å². The molecule has 3 aromatic heterocycles. The van der Waals surface area contributed by atoms with E-state index in [1.807, 2.05) is 0 Å². The maximum absolute atomic E-state index is 12.5. The van der Waals surface area contributed by atoms with Crippen LogP contribution in [0.1, 0.15) is 5.56 Å². The average molecular weight is 269 g/mol. The van der Waals surface area contributed by atoms with Crippen molar-refractivity contribution in [3.8, 4) is 5.82 Å². The van der Waals surface area contributed by atoms with Crippen molar-refractivity contribution in [1.29, 1.82) is 0 Å². The number of halogens is 3. The highest BCUT2D eigenvalue weighted by Gasteiger charge is 2.32. The minimum Gasteiger partial charge on any atom is -0.368 e. The van der Waals surface area contributed by atoms with E-state index in [0.29, 0.717) is 17.2 Å². The molecule has 0 saturated heterocycles. The molecule has 0 radical (unpaired) electrons. The first kappa shape index (κ1) is 11.4. The van der Waals surface area contributed by atoms with E-state index < -0.39 is 11.7 Å². The maximum atomic E-state index is 12.5. The van der Waals surface area contributed by atoms with E-state index in [4.69, 9.17) is 5.73 Å². The predicted octanol–water partition coefficient (Wildman–Crippen LogP) is 1.14. The number of H-pyrrole nitrogens is 1. The molecule has 0 aliphatic rings. The molecule has 10 heteroatoms. The molecule has 3 heterocycles. The van der Waals surface area contributed by atoms with Gasteiger partial charge in [0.2, 0.25) is 5.95 Å². The summed E-state index contributed by atoms with van der Waals surface area (Å²) < 4.78 is 38.5. The molecule has 0 aromatic carbocycles. The van der Waals surface area contributed by atoms with Gasteiger partial charge in [0, 0.05) is 6.20 Å². The van der Waals surface area contributed by atoms with Crippen molar-refractivity contribution in [1.82, 2.24) is 29.9 Å². The lowest BCUT2D eigenvalue weighted by atomic mass is 10.3. The first-order valence-corrected chi connectivity index (χ1v) is 5.04. The van der Waals surface area contributed by atoms with Crippen LogP contribution in [0, 0.1) is 0 Å². The topological polar surface area (TPSA) is 98.3 Å². The number of nitrogens with two attached hydrogens (primary N) is 1. The first-order chi connectivity index (χ1) is 8.95. The fraction of sp³-hybridized carbons (Fsp3) is 0.111. The number of rotatable bonds is 1. The van der Waals surface area contributed by atoms with Gasteiger partial charge in [-0.25, -0.2) is 4.68 Å². The van der Waals surface area contributed by atoms with Gasteiger partial charge >= 0.3 is 6.18 Å². The van der Waals surface area contributed by atoms with Crippen LogP contribution in [-0.4, -0.2) is 29.9 Å². The summed E-state index contributed by atoms with van der Waals surface area (Å²) in [6.45, 7) is 0. The van der Waals surface area contributed by atoms with E-state index in [2.05, 4.69) is 25.3 Å². The fourth-order valence-electron chi connectivity index (χ4n) is 1.60. The Balaban J connectivity index is 2.19. The molecule has 0 saturated carbocycles. The maximum Gasteiger partial charge on any atom is 0.419 e. The summed E-state index contributed by atoms with van der Waals surface area (Å²) in [5, 5.41) is 10.4. The molecule has 0 bridgehead atoms. The Labute approximate surface area is 103 Å². The van der Waals surface area contributed by atoms with E-state index in [9.17, 15) is 13.2 Å². The van der Waals surface area contributed by atoms with E-state index >= 15 is 0 Å². The molecule has 3 N–H and O–H groups in total. The molecule has 0 amide bonds. The smallest absolute Gasteiger partial charge is 0.368 e. The van der Waals surface area contributed by atoms with E-state index in [1.54, 1.807) is 0 Å². The van der Waals surface area contributed by atoms with Crippen molar-refractivity contribution in [3.05, 3.63) is 24.2 Å². The summed E-state index contributed by atoms with van der Waals surface area (Å²) >= 11 is 0. The number of nitrogen functional groups attached to an aromatic ring is 1. The van der Waals surface area contributed by atoms with Crippen LogP contribution in [0.4, 0.5) is 19.1 Å². The van der Waals surface area contributed by atoms with Gasteiger partial charge in [0.1, 0.15) is 0 Å². The second-order valence-corrected chi connectivity index (χ2v) is 3.71. The van der Waals surface area contributed by atoms with Crippen LogP contribution in [0.5, 0.6) is 0 Å². The van der Waals surface area contributed by atoms with Gasteiger partial charge in [-0.15, -0.1) is 0 Å². The normalized spacial score (nSPS) is 12.2. The highest BCUT2D eigenvalue weighted by molar-refractivity contribution is 5.82. The van der Waals surface area contributed by atoms with Gasteiger partial charge < -0.3 is 5.73 Å². The summed E-state index contributed by atoms with van der Waals surface area (Å²) in [5.41, 5.74) is 4.93. The molecular weight excluding hydrogens is 263 g/mol. The molecule has 0 atom stereocenters. The Morgan fingerprint density at radius 2 is 2.00 bits per heavy atom. The molecule has 0 spiro atoms. The molecule has 0 unspecified atom stereocenters. The Kier molecular flexibility index (Phi) is 2.21. The minimum atomic E-state index is -4.47. The van der Waals surface area contributed by atoms with Crippen LogP contribution >= 0.6 is 0 Å². The van der Waals surface area contributed by atoms with Crippen molar-refractivity contribution in [2.24, 2.45) is 0 Å². The molecule has 0 aliphatic heterocycles. The van der Waals surface area contributed by atoms with Crippen LogP contribution in [-0.2, 0) is 6.18 Å². The average Bonchev–Trinajstić information content (AvgIpc) is 2.94. The van der Waals surface area contributed by atoms with Crippen LogP contribution in [0.2, 0.25) is 0 Å². The summed E-state index contributed by atoms with van der Waals surface area (Å²) in [7, 11) is 0. The number of aromatic amines is 1. The van der Waals surface area contributed by atoms with Crippen LogP contribution in [0.15, 0.2) is 18.6 Å². The van der Waals surface area contributed by atoms with Crippen LogP contribution in [0.25, 0.3) is 16.9 Å². The Bertz CT molecular complexity index is 742. The number of hydrogen-bond acceptors (Lipinski definition) is 5. The molecule has 3 aromatic rings. The molecule has 19 heavy (non-hydrogen) atoms. The summed E-state index contributed by atoms with van der Waals surface area (Å²) in [6, 6.07) is 0. The number of alkyl halides is 3. The number of anilines is 1. The van der Waals surface area contributed by atoms with Gasteiger partial charge in [-0.2, -0.15) is 33.3 Å². The Morgan fingerprint density at radius 1 is 1.21 bits per heavy atom. The Hall–Kier alpha value is -2.65. The number of aromatic nitrogens is 6. The SMILES string of the molecule is Nc1nc(-n2cc(C(F)(F)F)cn2)c2cn[nH]c2n1. The molecule has 7 nitrogen and oxygen atoms in total. The largest absolute Gasteiger partial charge is 0.419 e. The van der Waals surface area contributed by atoms with E-state index in [1.165, 1.54) is 6.20 Å². The first-order valence-electron chi connectivity index (χ1n) is 5.04. The monoisotopic (exact) mass is 269 g/mol. The number of nitrogens with one attached hydrogen (secondary N) is 1. The summed E-state index contributed by atoms with van der Waals surface area (Å²) in [5.74, 6) is 0.0440. The van der Waals surface area contributed by atoms with Gasteiger partial charge in [0.25, 0.3) is 0 Å². The van der Waals surface area contributed by atoms with Gasteiger partial charge in [-0.05, 0) is 0 Å². The highest BCUT2D eigenvalue weighted by atomic mass is 19.4. The molecular formula is C9H6F3N7. The second-order valence-electron chi connectivity index (χ2n) is 3.71. The molecule has 3 rings (SSSR count). The van der Waals surface area contributed by atoms with E-state index in [-0.39, 0.29) is 11.8 Å². The molecule has 98 valence electrons. The standard InChI is InChI=1S/C9H6F3N7/c10-9(11,12)4-1-15-19(3-4)7-5-2-14-18-6(5)16-8(13)17-7/h1-3H,(H3,13,14,16,17,18). The fourth-order valence-corrected chi connectivity index (χ4v) is 1.60. The number of nitrogens with zero attached hydrogens (tertiary/aromatic N) is 5. The van der Waals surface area contributed by atoms with Crippen molar-refractivity contribution < 1.29 is 13.2 Å². The van der Waals surface area contributed by atoms with Crippen LogP contribution < -0.4 is 5.73 Å². The zero-order valence-corrected chi connectivity index (χ0v) is 9.18. The lowest BCUT2D eigenvalue weighted by Gasteiger charge is -2.03. The lowest BCUT2D eigenvalue weighted by Crippen LogP contribution is -2.05. The molecule has 0 aliphatic carbocycles. The quantitative estimate of drug-likeness (QED) is 0.690. The van der Waals surface area contributed by atoms with Gasteiger partial charge in [0.05, 0.1) is 23.3 Å². The van der Waals surface area contributed by atoms with Crippen molar-refractivity contribution in [3.63, 3.8) is 0 Å². The Morgan fingerprint density at radius 3 is 2.68 bits per heavy atom. The highest BCUT2D eigenvalue weighted by Crippen LogP contribution is 2.29. The van der Waals surface area contributed by atoms with E-state index in [0.717, 1.165) is 10.9 Å². The zero-order valence-electron chi connectivity index (χ0n) is 9.18. The zero-order chi connectivity index (χ0) is 13.6. The number of fused-ring (bicyclic) bond motifs is 1. The second kappa shape index (κ2) is 3.67. The van der Waals surface area contributed by atoms with Crippen molar-refractivity contribution in [2.45, 2.75) is 6.18 Å². The third kappa shape index (κ3) is 1.86. The van der Waals surface area contributed by atoms with Gasteiger partial charge in [-0.1, -0.05) is 0 Å². The van der Waals surface area contributed by atoms with Gasteiger partial charge in [-0.3, -0.25) is 5.10 Å². The van der Waals surface area contributed by atoms with Crippen molar-refractivity contribution in [2.75, 3.05) is 5.73 Å². The minimum absolute atomic E-state index is 0.0872. The summed E-state index contributed by atoms with van der Waals surface area (Å²) in [4.78, 5) is 7.74. The van der Waals surface area contributed by atoms with Crippen molar-refractivity contribution >= 4 is 17.0 Å². The predicted molar refractivity (Wildman–Crippen MR) is 58.2 cm³/mol. The summed E-state index contributed by atoms with van der Waals surface area (Å²) in [6.07, 6.45) is -1.54. The third-order valence-corrected chi connectivity index (χ3v) is 2.43.